The summed E-state index contributed by atoms with van der Waals surface area (Å²) in [5.41, 5.74) is 2.86. The Morgan fingerprint density at radius 3 is 2.50 bits per heavy atom. The zero-order chi connectivity index (χ0) is 18.8. The number of nitrogens with one attached hydrogen (secondary N) is 1. The van der Waals surface area contributed by atoms with E-state index in [1.54, 1.807) is 18.0 Å². The number of carbonyl (C=O) groups excluding carboxylic acids is 1. The second-order valence-corrected chi connectivity index (χ2v) is 6.24. The second kappa shape index (κ2) is 7.17. The Morgan fingerprint density at radius 2 is 1.96 bits per heavy atom. The van der Waals surface area contributed by atoms with Crippen molar-refractivity contribution in [3.8, 4) is 5.75 Å². The molecule has 0 spiro atoms. The summed E-state index contributed by atoms with van der Waals surface area (Å²) in [6, 6.07) is 7.04. The van der Waals surface area contributed by atoms with Crippen molar-refractivity contribution >= 4 is 29.0 Å². The van der Waals surface area contributed by atoms with Gasteiger partial charge in [0.25, 0.3) is 0 Å². The number of hydrogen-bond donors (Lipinski definition) is 1. The Kier molecular flexibility index (Phi) is 4.94. The Balaban J connectivity index is 2.09. The van der Waals surface area contributed by atoms with E-state index in [2.05, 4.69) is 10.4 Å². The average Bonchev–Trinajstić information content (AvgIpc) is 3.07. The molecular formula is C18H20N4O3S. The van der Waals surface area contributed by atoms with E-state index >= 15 is 0 Å². The van der Waals surface area contributed by atoms with Gasteiger partial charge in [0.05, 0.1) is 32.0 Å². The number of allylic oxidation sites excluding steroid dienone is 1. The second-order valence-electron chi connectivity index (χ2n) is 5.85. The van der Waals surface area contributed by atoms with Crippen molar-refractivity contribution in [2.45, 2.75) is 13.0 Å². The number of aryl methyl sites for hydroxylation is 1. The molecule has 2 heterocycles. The number of aromatic nitrogens is 2. The quantitative estimate of drug-likeness (QED) is 0.652. The number of carbonyl (C=O) groups is 1. The molecule has 136 valence electrons. The molecule has 1 unspecified atom stereocenters. The van der Waals surface area contributed by atoms with Gasteiger partial charge in [0.1, 0.15) is 5.75 Å². The molecule has 0 radical (unpaired) electrons. The summed E-state index contributed by atoms with van der Waals surface area (Å²) in [7, 11) is 4.80. The first-order valence-electron chi connectivity index (χ1n) is 7.98. The number of thiocarbonyl (C=S) groups is 1. The molecule has 1 aliphatic heterocycles. The lowest BCUT2D eigenvalue weighted by molar-refractivity contribution is -0.136. The van der Waals surface area contributed by atoms with Crippen molar-refractivity contribution in [3.05, 3.63) is 53.5 Å². The predicted molar refractivity (Wildman–Crippen MR) is 102 cm³/mol. The van der Waals surface area contributed by atoms with Crippen molar-refractivity contribution in [1.29, 1.82) is 0 Å². The SMILES string of the molecule is COC(=O)C1=C(C)N(c2ccc(OC)cc2)C(=S)NC1c1cnn(C)c1. The lowest BCUT2D eigenvalue weighted by atomic mass is 9.97. The zero-order valence-corrected chi connectivity index (χ0v) is 15.8. The Morgan fingerprint density at radius 1 is 1.27 bits per heavy atom. The van der Waals surface area contributed by atoms with Gasteiger partial charge < -0.3 is 14.8 Å². The molecule has 2 aromatic rings. The fourth-order valence-electron chi connectivity index (χ4n) is 3.00. The van der Waals surface area contributed by atoms with Crippen LogP contribution in [0.25, 0.3) is 0 Å². The molecule has 7 nitrogen and oxygen atoms in total. The van der Waals surface area contributed by atoms with Crippen LogP contribution in [0.1, 0.15) is 18.5 Å². The summed E-state index contributed by atoms with van der Waals surface area (Å²) in [5.74, 6) is 0.331. The van der Waals surface area contributed by atoms with E-state index in [4.69, 9.17) is 21.7 Å². The van der Waals surface area contributed by atoms with Crippen LogP contribution in [-0.2, 0) is 16.6 Å². The van der Waals surface area contributed by atoms with Gasteiger partial charge in [0, 0.05) is 30.2 Å². The number of hydrogen-bond acceptors (Lipinski definition) is 5. The van der Waals surface area contributed by atoms with E-state index < -0.39 is 12.0 Å². The lowest BCUT2D eigenvalue weighted by Gasteiger charge is -2.37. The minimum atomic E-state index is -0.418. The van der Waals surface area contributed by atoms with E-state index in [-0.39, 0.29) is 0 Å². The number of ether oxygens (including phenoxy) is 2. The van der Waals surface area contributed by atoms with E-state index in [0.29, 0.717) is 16.4 Å². The third-order valence-corrected chi connectivity index (χ3v) is 4.58. The molecule has 1 aromatic carbocycles. The van der Waals surface area contributed by atoms with Crippen molar-refractivity contribution in [3.63, 3.8) is 0 Å². The van der Waals surface area contributed by atoms with Crippen molar-refractivity contribution in [2.75, 3.05) is 19.1 Å². The van der Waals surface area contributed by atoms with E-state index in [1.807, 2.05) is 49.3 Å². The minimum absolute atomic E-state index is 0.412. The maximum atomic E-state index is 12.5. The van der Waals surface area contributed by atoms with Crippen LogP contribution in [0.15, 0.2) is 47.9 Å². The van der Waals surface area contributed by atoms with Crippen LogP contribution in [0.2, 0.25) is 0 Å². The van der Waals surface area contributed by atoms with Crippen LogP contribution in [-0.4, -0.2) is 35.1 Å². The van der Waals surface area contributed by atoms with E-state index in [1.165, 1.54) is 7.11 Å². The Labute approximate surface area is 157 Å². The van der Waals surface area contributed by atoms with E-state index in [0.717, 1.165) is 17.0 Å². The van der Waals surface area contributed by atoms with Crippen LogP contribution in [0.4, 0.5) is 5.69 Å². The third kappa shape index (κ3) is 3.15. The fraction of sp³-hybridized carbons (Fsp3) is 0.278. The maximum Gasteiger partial charge on any atom is 0.337 e. The number of methoxy groups -OCH3 is 2. The van der Waals surface area contributed by atoms with Gasteiger partial charge in [-0.25, -0.2) is 4.79 Å². The molecule has 0 amide bonds. The number of benzene rings is 1. The third-order valence-electron chi connectivity index (χ3n) is 4.28. The number of rotatable bonds is 4. The Hall–Kier alpha value is -2.87. The number of esters is 1. The van der Waals surface area contributed by atoms with Crippen LogP contribution in [0.3, 0.4) is 0 Å². The van der Waals surface area contributed by atoms with Gasteiger partial charge in [-0.3, -0.25) is 9.58 Å². The normalized spacial score (nSPS) is 17.2. The molecule has 26 heavy (non-hydrogen) atoms. The number of nitrogens with zero attached hydrogens (tertiary/aromatic N) is 3. The Bertz CT molecular complexity index is 873. The summed E-state index contributed by atoms with van der Waals surface area (Å²) in [6.07, 6.45) is 3.55. The minimum Gasteiger partial charge on any atom is -0.497 e. The summed E-state index contributed by atoms with van der Waals surface area (Å²) in [5, 5.41) is 7.92. The van der Waals surface area contributed by atoms with Gasteiger partial charge in [0.2, 0.25) is 0 Å². The first-order valence-corrected chi connectivity index (χ1v) is 8.39. The first kappa shape index (κ1) is 17.9. The standard InChI is InChI=1S/C18H20N4O3S/c1-11-15(17(23)25-4)16(12-9-19-21(2)10-12)20-18(26)22(11)13-5-7-14(24-3)8-6-13/h5-10,16H,1-4H3,(H,20,26). The van der Waals surface area contributed by atoms with Gasteiger partial charge in [-0.15, -0.1) is 0 Å². The summed E-state index contributed by atoms with van der Waals surface area (Å²) < 4.78 is 11.9. The average molecular weight is 372 g/mol. The van der Waals surface area contributed by atoms with Gasteiger partial charge >= 0.3 is 5.97 Å². The molecular weight excluding hydrogens is 352 g/mol. The van der Waals surface area contributed by atoms with E-state index in [9.17, 15) is 4.79 Å². The molecule has 0 aliphatic carbocycles. The molecule has 1 aliphatic rings. The van der Waals surface area contributed by atoms with Gasteiger partial charge in [0.15, 0.2) is 5.11 Å². The largest absolute Gasteiger partial charge is 0.497 e. The van der Waals surface area contributed by atoms with Crippen LogP contribution < -0.4 is 15.0 Å². The molecule has 0 bridgehead atoms. The molecule has 0 saturated heterocycles. The molecule has 1 aromatic heterocycles. The van der Waals surface area contributed by atoms with Crippen molar-refractivity contribution in [2.24, 2.45) is 7.05 Å². The highest BCUT2D eigenvalue weighted by Crippen LogP contribution is 2.34. The molecule has 1 atom stereocenters. The van der Waals surface area contributed by atoms with Gasteiger partial charge in [-0.05, 0) is 43.4 Å². The van der Waals surface area contributed by atoms with Gasteiger partial charge in [-0.1, -0.05) is 0 Å². The van der Waals surface area contributed by atoms with Crippen LogP contribution in [0.5, 0.6) is 5.75 Å². The fourth-order valence-corrected chi connectivity index (χ4v) is 3.36. The lowest BCUT2D eigenvalue weighted by Crippen LogP contribution is -2.48. The van der Waals surface area contributed by atoms with Crippen molar-refractivity contribution in [1.82, 2.24) is 15.1 Å². The van der Waals surface area contributed by atoms with Crippen LogP contribution in [0, 0.1) is 0 Å². The predicted octanol–water partition coefficient (Wildman–Crippen LogP) is 2.31. The molecule has 1 N–H and O–H groups in total. The highest BCUT2D eigenvalue weighted by atomic mass is 32.1. The summed E-state index contributed by atoms with van der Waals surface area (Å²) in [4.78, 5) is 14.3. The monoisotopic (exact) mass is 372 g/mol. The topological polar surface area (TPSA) is 68.6 Å². The highest BCUT2D eigenvalue weighted by Gasteiger charge is 2.35. The smallest absolute Gasteiger partial charge is 0.337 e. The highest BCUT2D eigenvalue weighted by molar-refractivity contribution is 7.80. The summed E-state index contributed by atoms with van der Waals surface area (Å²) in [6.45, 7) is 1.85. The first-order chi connectivity index (χ1) is 12.5. The molecule has 3 rings (SSSR count). The van der Waals surface area contributed by atoms with Crippen molar-refractivity contribution < 1.29 is 14.3 Å². The molecule has 0 fully saturated rings. The van der Waals surface area contributed by atoms with Crippen LogP contribution >= 0.6 is 12.2 Å². The maximum absolute atomic E-state index is 12.5. The van der Waals surface area contributed by atoms with Gasteiger partial charge in [-0.2, -0.15) is 5.10 Å². The summed E-state index contributed by atoms with van der Waals surface area (Å²) >= 11 is 5.58. The number of anilines is 1. The molecule has 0 saturated carbocycles. The molecule has 8 heteroatoms. The zero-order valence-electron chi connectivity index (χ0n) is 15.0.